The number of thioether (sulfide) groups is 1. The fourth-order valence-electron chi connectivity index (χ4n) is 2.16. The molecule has 3 rings (SSSR count). The summed E-state index contributed by atoms with van der Waals surface area (Å²) >= 11 is 1.35. The predicted octanol–water partition coefficient (Wildman–Crippen LogP) is 2.27. The Morgan fingerprint density at radius 3 is 2.91 bits per heavy atom. The number of hydrogen-bond acceptors (Lipinski definition) is 5. The topological polar surface area (TPSA) is 83.1 Å². The van der Waals surface area contributed by atoms with E-state index in [0.717, 1.165) is 10.5 Å². The maximum absolute atomic E-state index is 12.4. The predicted molar refractivity (Wildman–Crippen MR) is 86.9 cm³/mol. The van der Waals surface area contributed by atoms with Crippen molar-refractivity contribution in [3.8, 4) is 6.07 Å². The highest BCUT2D eigenvalue weighted by molar-refractivity contribution is 7.99. The van der Waals surface area contributed by atoms with Crippen LogP contribution < -0.4 is 5.32 Å². The number of benzene rings is 1. The number of nitrogens with zero attached hydrogens (tertiary/aromatic N) is 4. The first-order valence-corrected chi connectivity index (χ1v) is 7.94. The number of amides is 1. The molecule has 0 saturated carbocycles. The molecule has 0 bridgehead atoms. The molecule has 114 valence electrons. The van der Waals surface area contributed by atoms with Gasteiger partial charge in [-0.05, 0) is 24.3 Å². The van der Waals surface area contributed by atoms with E-state index in [1.54, 1.807) is 12.1 Å². The number of nitrogens with one attached hydrogen (secondary N) is 1. The SMILES string of the molecule is N#CCSc1ccccc1C(=O)NCc1nnc2ccccn12. The zero-order chi connectivity index (χ0) is 16.1. The lowest BCUT2D eigenvalue weighted by Gasteiger charge is -2.08. The lowest BCUT2D eigenvalue weighted by atomic mass is 10.2. The molecule has 0 fully saturated rings. The minimum atomic E-state index is -0.196. The molecule has 1 amide bonds. The van der Waals surface area contributed by atoms with Crippen LogP contribution in [0.1, 0.15) is 16.2 Å². The van der Waals surface area contributed by atoms with E-state index in [2.05, 4.69) is 21.6 Å². The van der Waals surface area contributed by atoms with Gasteiger partial charge in [-0.25, -0.2) is 0 Å². The van der Waals surface area contributed by atoms with E-state index < -0.39 is 0 Å². The minimum absolute atomic E-state index is 0.196. The minimum Gasteiger partial charge on any atom is -0.345 e. The molecular weight excluding hydrogens is 310 g/mol. The number of carbonyl (C=O) groups is 1. The van der Waals surface area contributed by atoms with Crippen LogP contribution in [0.2, 0.25) is 0 Å². The van der Waals surface area contributed by atoms with Crippen LogP contribution in [0, 0.1) is 11.3 Å². The lowest BCUT2D eigenvalue weighted by molar-refractivity contribution is 0.0947. The zero-order valence-corrected chi connectivity index (χ0v) is 13.0. The third-order valence-corrected chi connectivity index (χ3v) is 4.16. The van der Waals surface area contributed by atoms with Crippen LogP contribution in [-0.4, -0.2) is 26.3 Å². The monoisotopic (exact) mass is 323 g/mol. The molecule has 0 radical (unpaired) electrons. The molecule has 0 aliphatic carbocycles. The summed E-state index contributed by atoms with van der Waals surface area (Å²) in [4.78, 5) is 13.2. The second-order valence-electron chi connectivity index (χ2n) is 4.67. The van der Waals surface area contributed by atoms with Crippen molar-refractivity contribution in [3.05, 3.63) is 60.0 Å². The molecule has 2 heterocycles. The highest BCUT2D eigenvalue weighted by Crippen LogP contribution is 2.22. The Morgan fingerprint density at radius 1 is 1.22 bits per heavy atom. The summed E-state index contributed by atoms with van der Waals surface area (Å²) in [6.07, 6.45) is 1.85. The van der Waals surface area contributed by atoms with Gasteiger partial charge < -0.3 is 5.32 Å². The summed E-state index contributed by atoms with van der Waals surface area (Å²) in [5, 5.41) is 19.7. The normalized spacial score (nSPS) is 10.4. The Morgan fingerprint density at radius 2 is 2.04 bits per heavy atom. The van der Waals surface area contributed by atoms with E-state index in [4.69, 9.17) is 5.26 Å². The van der Waals surface area contributed by atoms with E-state index in [1.165, 1.54) is 11.8 Å². The van der Waals surface area contributed by atoms with Gasteiger partial charge in [-0.15, -0.1) is 22.0 Å². The molecule has 7 heteroatoms. The molecule has 0 unspecified atom stereocenters. The van der Waals surface area contributed by atoms with Gasteiger partial charge in [-0.2, -0.15) is 5.26 Å². The Kier molecular flexibility index (Phi) is 4.54. The first kappa shape index (κ1) is 15.1. The van der Waals surface area contributed by atoms with Gasteiger partial charge in [0.2, 0.25) is 0 Å². The van der Waals surface area contributed by atoms with E-state index in [0.29, 0.717) is 17.1 Å². The fraction of sp³-hybridized carbons (Fsp3) is 0.125. The fourth-order valence-corrected chi connectivity index (χ4v) is 2.87. The van der Waals surface area contributed by atoms with Crippen molar-refractivity contribution in [2.75, 3.05) is 5.75 Å². The summed E-state index contributed by atoms with van der Waals surface area (Å²) in [5.41, 5.74) is 1.29. The van der Waals surface area contributed by atoms with E-state index >= 15 is 0 Å². The largest absolute Gasteiger partial charge is 0.345 e. The Balaban J connectivity index is 1.74. The molecule has 23 heavy (non-hydrogen) atoms. The van der Waals surface area contributed by atoms with Gasteiger partial charge in [0.25, 0.3) is 5.91 Å². The van der Waals surface area contributed by atoms with Crippen LogP contribution in [0.3, 0.4) is 0 Å². The second kappa shape index (κ2) is 6.94. The highest BCUT2D eigenvalue weighted by atomic mass is 32.2. The molecule has 3 aromatic rings. The number of fused-ring (bicyclic) bond motifs is 1. The molecular formula is C16H13N5OS. The Labute approximate surface area is 137 Å². The van der Waals surface area contributed by atoms with Crippen molar-refractivity contribution in [2.45, 2.75) is 11.4 Å². The zero-order valence-electron chi connectivity index (χ0n) is 12.1. The van der Waals surface area contributed by atoms with E-state index in [9.17, 15) is 4.79 Å². The summed E-state index contributed by atoms with van der Waals surface area (Å²) in [5.74, 6) is 0.772. The molecule has 0 aliphatic rings. The summed E-state index contributed by atoms with van der Waals surface area (Å²) < 4.78 is 1.83. The average molecular weight is 323 g/mol. The number of carbonyl (C=O) groups excluding carboxylic acids is 1. The number of rotatable bonds is 5. The molecule has 0 atom stereocenters. The molecule has 0 saturated heterocycles. The number of nitriles is 1. The van der Waals surface area contributed by atoms with E-state index in [-0.39, 0.29) is 12.5 Å². The smallest absolute Gasteiger partial charge is 0.252 e. The van der Waals surface area contributed by atoms with Crippen molar-refractivity contribution in [1.29, 1.82) is 5.26 Å². The highest BCUT2D eigenvalue weighted by Gasteiger charge is 2.12. The van der Waals surface area contributed by atoms with Crippen molar-refractivity contribution in [1.82, 2.24) is 19.9 Å². The maximum Gasteiger partial charge on any atom is 0.252 e. The van der Waals surface area contributed by atoms with Gasteiger partial charge in [0.15, 0.2) is 11.5 Å². The second-order valence-corrected chi connectivity index (χ2v) is 5.69. The van der Waals surface area contributed by atoms with Gasteiger partial charge in [0.05, 0.1) is 23.9 Å². The molecule has 2 aromatic heterocycles. The van der Waals surface area contributed by atoms with Gasteiger partial charge >= 0.3 is 0 Å². The van der Waals surface area contributed by atoms with E-state index in [1.807, 2.05) is 40.9 Å². The molecule has 1 aromatic carbocycles. The van der Waals surface area contributed by atoms with Gasteiger partial charge in [-0.3, -0.25) is 9.20 Å². The lowest BCUT2D eigenvalue weighted by Crippen LogP contribution is -2.24. The van der Waals surface area contributed by atoms with Crippen LogP contribution in [0.25, 0.3) is 5.65 Å². The first-order chi connectivity index (χ1) is 11.3. The van der Waals surface area contributed by atoms with Crippen molar-refractivity contribution < 1.29 is 4.79 Å². The maximum atomic E-state index is 12.4. The third-order valence-electron chi connectivity index (χ3n) is 3.22. The summed E-state index contributed by atoms with van der Waals surface area (Å²) in [6, 6.07) is 14.9. The quantitative estimate of drug-likeness (QED) is 0.728. The van der Waals surface area contributed by atoms with Gasteiger partial charge in [0.1, 0.15) is 0 Å². The van der Waals surface area contributed by atoms with Crippen LogP contribution in [0.15, 0.2) is 53.6 Å². The number of hydrogen-bond donors (Lipinski definition) is 1. The third kappa shape index (κ3) is 3.33. The molecule has 0 spiro atoms. The molecule has 0 aliphatic heterocycles. The van der Waals surface area contributed by atoms with Crippen molar-refractivity contribution in [2.24, 2.45) is 0 Å². The first-order valence-electron chi connectivity index (χ1n) is 6.95. The molecule has 1 N–H and O–H groups in total. The van der Waals surface area contributed by atoms with Crippen LogP contribution in [-0.2, 0) is 6.54 Å². The average Bonchev–Trinajstić information content (AvgIpc) is 3.01. The van der Waals surface area contributed by atoms with Crippen LogP contribution in [0.5, 0.6) is 0 Å². The van der Waals surface area contributed by atoms with Crippen molar-refractivity contribution in [3.63, 3.8) is 0 Å². The molecule has 6 nitrogen and oxygen atoms in total. The van der Waals surface area contributed by atoms with Crippen LogP contribution >= 0.6 is 11.8 Å². The van der Waals surface area contributed by atoms with Crippen LogP contribution in [0.4, 0.5) is 0 Å². The summed E-state index contributed by atoms with van der Waals surface area (Å²) in [6.45, 7) is 0.279. The van der Waals surface area contributed by atoms with Gasteiger partial charge in [-0.1, -0.05) is 18.2 Å². The standard InChI is InChI=1S/C16H13N5OS/c17-8-10-23-13-6-2-1-5-12(13)16(22)18-11-15-20-19-14-7-3-4-9-21(14)15/h1-7,9H,10-11H2,(H,18,22). The number of aromatic nitrogens is 3. The Hall–Kier alpha value is -2.85. The summed E-state index contributed by atoms with van der Waals surface area (Å²) in [7, 11) is 0. The Bertz CT molecular complexity index is 883. The number of pyridine rings is 1. The van der Waals surface area contributed by atoms with Crippen molar-refractivity contribution >= 4 is 23.3 Å². The van der Waals surface area contributed by atoms with Gasteiger partial charge in [0, 0.05) is 11.1 Å².